The summed E-state index contributed by atoms with van der Waals surface area (Å²) in [4.78, 5) is 22.1. The van der Waals surface area contributed by atoms with Crippen LogP contribution < -0.4 is 69.3 Å². The monoisotopic (exact) mass is 294 g/mol. The van der Waals surface area contributed by atoms with Gasteiger partial charge in [0, 0.05) is 11.1 Å². The second kappa shape index (κ2) is 10.8. The van der Waals surface area contributed by atoms with Crippen molar-refractivity contribution in [3.8, 4) is 0 Å². The molecule has 0 N–H and O–H groups in total. The van der Waals surface area contributed by atoms with E-state index in [1.54, 1.807) is 6.07 Å². The van der Waals surface area contributed by atoms with Crippen LogP contribution in [0.25, 0.3) is 0 Å². The number of carbonyl (C=O) groups excluding carboxylic acids is 2. The average molecular weight is 294 g/mol. The summed E-state index contributed by atoms with van der Waals surface area (Å²) in [6.07, 6.45) is 2.92. The Balaban J connectivity index is 0. The number of carboxylic acid groups (broad SMARTS) is 2. The van der Waals surface area contributed by atoms with Gasteiger partial charge in [-0.2, -0.15) is 0 Å². The zero-order valence-corrected chi connectivity index (χ0v) is 16.6. The molecule has 0 atom stereocenters. The van der Waals surface area contributed by atoms with Crippen LogP contribution in [0.15, 0.2) is 12.1 Å². The molecular formula is C14H16Na2O4. The first-order valence-corrected chi connectivity index (χ1v) is 6.10. The molecule has 0 spiro atoms. The van der Waals surface area contributed by atoms with Gasteiger partial charge < -0.3 is 19.8 Å². The molecule has 0 bridgehead atoms. The Bertz CT molecular complexity index is 472. The Morgan fingerprint density at radius 1 is 1.05 bits per heavy atom. The molecule has 98 valence electrons. The summed E-state index contributed by atoms with van der Waals surface area (Å²) in [5.41, 5.74) is 0.912. The molecule has 6 heteroatoms. The quantitative estimate of drug-likeness (QED) is 0.490. The molecule has 0 aliphatic rings. The van der Waals surface area contributed by atoms with Crippen LogP contribution in [-0.4, -0.2) is 11.9 Å². The van der Waals surface area contributed by atoms with Gasteiger partial charge >= 0.3 is 59.1 Å². The number of hydrogen-bond acceptors (Lipinski definition) is 4. The third-order valence-corrected chi connectivity index (χ3v) is 3.00. The SMILES string of the molecule is CCCCc1c(CC)ccc(C(=O)[O-])c1C(=O)[O-].[Na+].[Na+]. The van der Waals surface area contributed by atoms with Gasteiger partial charge in [0.25, 0.3) is 0 Å². The van der Waals surface area contributed by atoms with E-state index in [-0.39, 0.29) is 70.2 Å². The molecule has 0 aromatic heterocycles. The number of aryl methyl sites for hydroxylation is 1. The molecule has 1 aromatic carbocycles. The predicted octanol–water partition coefficient (Wildman–Crippen LogP) is -5.67. The Hall–Kier alpha value is 0.160. The van der Waals surface area contributed by atoms with Crippen LogP contribution in [0.2, 0.25) is 0 Å². The van der Waals surface area contributed by atoms with E-state index in [4.69, 9.17) is 0 Å². The molecule has 20 heavy (non-hydrogen) atoms. The molecule has 0 aliphatic carbocycles. The van der Waals surface area contributed by atoms with Crippen molar-refractivity contribution in [1.29, 1.82) is 0 Å². The third kappa shape index (κ3) is 5.51. The van der Waals surface area contributed by atoms with Crippen LogP contribution in [0.5, 0.6) is 0 Å². The van der Waals surface area contributed by atoms with Crippen molar-refractivity contribution in [2.24, 2.45) is 0 Å². The second-order valence-corrected chi connectivity index (χ2v) is 4.16. The molecular weight excluding hydrogens is 278 g/mol. The van der Waals surface area contributed by atoms with Crippen LogP contribution in [0, 0.1) is 0 Å². The summed E-state index contributed by atoms with van der Waals surface area (Å²) >= 11 is 0. The minimum Gasteiger partial charge on any atom is -0.545 e. The van der Waals surface area contributed by atoms with Crippen molar-refractivity contribution in [2.75, 3.05) is 0 Å². The molecule has 0 aliphatic heterocycles. The minimum absolute atomic E-state index is 0. The van der Waals surface area contributed by atoms with Crippen LogP contribution in [-0.2, 0) is 12.8 Å². The molecule has 0 unspecified atom stereocenters. The van der Waals surface area contributed by atoms with Gasteiger partial charge in [-0.25, -0.2) is 0 Å². The normalized spacial score (nSPS) is 9.30. The molecule has 1 aromatic rings. The van der Waals surface area contributed by atoms with Gasteiger partial charge in [0.1, 0.15) is 0 Å². The third-order valence-electron chi connectivity index (χ3n) is 3.00. The van der Waals surface area contributed by atoms with Crippen molar-refractivity contribution in [3.63, 3.8) is 0 Å². The van der Waals surface area contributed by atoms with E-state index in [0.29, 0.717) is 18.4 Å². The predicted molar refractivity (Wildman–Crippen MR) is 63.1 cm³/mol. The van der Waals surface area contributed by atoms with E-state index in [2.05, 4.69) is 0 Å². The van der Waals surface area contributed by atoms with Gasteiger partial charge in [0.05, 0.1) is 11.9 Å². The maximum atomic E-state index is 11.2. The number of carbonyl (C=O) groups is 2. The largest absolute Gasteiger partial charge is 1.00 e. The van der Waals surface area contributed by atoms with E-state index in [0.717, 1.165) is 18.4 Å². The number of rotatable bonds is 6. The summed E-state index contributed by atoms with van der Waals surface area (Å²) in [6.45, 7) is 3.90. The first kappa shape index (κ1) is 22.4. The zero-order valence-electron chi connectivity index (χ0n) is 12.6. The first-order valence-electron chi connectivity index (χ1n) is 6.10. The van der Waals surface area contributed by atoms with Crippen LogP contribution in [0.4, 0.5) is 0 Å². The van der Waals surface area contributed by atoms with E-state index in [1.165, 1.54) is 6.07 Å². The number of benzene rings is 1. The number of hydrogen-bond donors (Lipinski definition) is 0. The van der Waals surface area contributed by atoms with Crippen molar-refractivity contribution in [1.82, 2.24) is 0 Å². The number of unbranched alkanes of at least 4 members (excludes halogenated alkanes) is 1. The first-order chi connectivity index (χ1) is 8.52. The number of aromatic carboxylic acids is 2. The summed E-state index contributed by atoms with van der Waals surface area (Å²) in [5, 5.41) is 22.1. The van der Waals surface area contributed by atoms with Gasteiger partial charge in [0.15, 0.2) is 0 Å². The molecule has 0 saturated carbocycles. The van der Waals surface area contributed by atoms with Crippen LogP contribution in [0.1, 0.15) is 58.5 Å². The maximum Gasteiger partial charge on any atom is 1.00 e. The fraction of sp³-hybridized carbons (Fsp3) is 0.429. The number of carboxylic acids is 2. The van der Waals surface area contributed by atoms with Crippen molar-refractivity contribution < 1.29 is 78.9 Å². The van der Waals surface area contributed by atoms with Gasteiger partial charge in [0.2, 0.25) is 0 Å². The van der Waals surface area contributed by atoms with Gasteiger partial charge in [-0.05, 0) is 30.4 Å². The smallest absolute Gasteiger partial charge is 0.545 e. The van der Waals surface area contributed by atoms with E-state index >= 15 is 0 Å². The Morgan fingerprint density at radius 3 is 2.05 bits per heavy atom. The molecule has 0 heterocycles. The standard InChI is InChI=1S/C14H18O4.2Na/c1-3-5-6-10-9(4-2)7-8-11(13(15)16)12(10)14(17)18;;/h7-8H,3-6H2,1-2H3,(H,15,16)(H,17,18);;/q;2*+1/p-2. The average Bonchev–Trinajstić information content (AvgIpc) is 2.34. The molecule has 0 amide bonds. The maximum absolute atomic E-state index is 11.2. The molecule has 1 rings (SSSR count). The van der Waals surface area contributed by atoms with Gasteiger partial charge in [-0.1, -0.05) is 32.4 Å². The Labute approximate surface area is 163 Å². The van der Waals surface area contributed by atoms with E-state index in [1.807, 2.05) is 13.8 Å². The topological polar surface area (TPSA) is 80.3 Å². The molecule has 0 fully saturated rings. The molecule has 0 radical (unpaired) electrons. The fourth-order valence-electron chi connectivity index (χ4n) is 2.06. The Morgan fingerprint density at radius 2 is 1.65 bits per heavy atom. The van der Waals surface area contributed by atoms with Crippen molar-refractivity contribution in [3.05, 3.63) is 34.4 Å². The fourth-order valence-corrected chi connectivity index (χ4v) is 2.06. The van der Waals surface area contributed by atoms with Crippen LogP contribution in [0.3, 0.4) is 0 Å². The van der Waals surface area contributed by atoms with Gasteiger partial charge in [-0.3, -0.25) is 0 Å². The summed E-state index contributed by atoms with van der Waals surface area (Å²) in [5.74, 6) is -2.93. The van der Waals surface area contributed by atoms with E-state index in [9.17, 15) is 19.8 Å². The summed E-state index contributed by atoms with van der Waals surface area (Å²) in [6, 6.07) is 2.94. The van der Waals surface area contributed by atoms with Crippen molar-refractivity contribution >= 4 is 11.9 Å². The molecule has 4 nitrogen and oxygen atoms in total. The second-order valence-electron chi connectivity index (χ2n) is 4.16. The van der Waals surface area contributed by atoms with E-state index < -0.39 is 11.9 Å². The van der Waals surface area contributed by atoms with Crippen LogP contribution >= 0.6 is 0 Å². The Kier molecular flexibility index (Phi) is 12.1. The summed E-state index contributed by atoms with van der Waals surface area (Å²) < 4.78 is 0. The molecule has 0 saturated heterocycles. The minimum atomic E-state index is -1.48. The zero-order chi connectivity index (χ0) is 13.7. The summed E-state index contributed by atoms with van der Waals surface area (Å²) in [7, 11) is 0. The van der Waals surface area contributed by atoms with Crippen molar-refractivity contribution in [2.45, 2.75) is 39.5 Å². The van der Waals surface area contributed by atoms with Gasteiger partial charge in [-0.15, -0.1) is 0 Å².